The minimum atomic E-state index is -0.135. The summed E-state index contributed by atoms with van der Waals surface area (Å²) < 4.78 is 6.50. The van der Waals surface area contributed by atoms with E-state index in [-0.39, 0.29) is 11.8 Å². The number of benzene rings is 2. The molecular formula is C21H19IN2O3. The van der Waals surface area contributed by atoms with Gasteiger partial charge in [-0.3, -0.25) is 9.59 Å². The van der Waals surface area contributed by atoms with Crippen molar-refractivity contribution >= 4 is 34.4 Å². The Balaban J connectivity index is 1.82. The predicted molar refractivity (Wildman–Crippen MR) is 111 cm³/mol. The molecule has 0 bridgehead atoms. The van der Waals surface area contributed by atoms with Gasteiger partial charge in [0, 0.05) is 28.3 Å². The summed E-state index contributed by atoms with van der Waals surface area (Å²) in [6.07, 6.45) is 1.60. The zero-order valence-electron chi connectivity index (χ0n) is 14.8. The lowest BCUT2D eigenvalue weighted by atomic mass is 10.1. The van der Waals surface area contributed by atoms with Crippen LogP contribution in [0.15, 0.2) is 71.3 Å². The second-order valence-corrected chi connectivity index (χ2v) is 7.27. The smallest absolute Gasteiger partial charge is 0.254 e. The van der Waals surface area contributed by atoms with Crippen LogP contribution in [0.5, 0.6) is 0 Å². The number of halogens is 1. The van der Waals surface area contributed by atoms with Gasteiger partial charge in [0.1, 0.15) is 5.76 Å². The van der Waals surface area contributed by atoms with Crippen molar-refractivity contribution < 1.29 is 14.0 Å². The number of carbonyl (C=O) groups is 2. The van der Waals surface area contributed by atoms with Gasteiger partial charge in [0.2, 0.25) is 0 Å². The Kier molecular flexibility index (Phi) is 6.28. The molecule has 1 aromatic heterocycles. The number of amides is 2. The minimum absolute atomic E-state index is 0.0711. The molecule has 0 aliphatic carbocycles. The lowest BCUT2D eigenvalue weighted by Gasteiger charge is -2.22. The third-order valence-electron chi connectivity index (χ3n) is 4.12. The number of furan rings is 1. The molecule has 0 saturated heterocycles. The molecule has 3 aromatic rings. The summed E-state index contributed by atoms with van der Waals surface area (Å²) in [6, 6.07) is 18.4. The fraction of sp³-hybridized carbons (Fsp3) is 0.143. The molecule has 1 N–H and O–H groups in total. The van der Waals surface area contributed by atoms with Gasteiger partial charge in [-0.2, -0.15) is 0 Å². The lowest BCUT2D eigenvalue weighted by molar-refractivity contribution is 0.0717. The molecule has 3 rings (SSSR count). The van der Waals surface area contributed by atoms with Crippen molar-refractivity contribution in [2.75, 3.05) is 7.05 Å². The van der Waals surface area contributed by atoms with Crippen LogP contribution in [0.2, 0.25) is 0 Å². The summed E-state index contributed by atoms with van der Waals surface area (Å²) in [4.78, 5) is 26.4. The second kappa shape index (κ2) is 8.85. The predicted octanol–water partition coefficient (Wildman–Crippen LogP) is 4.09. The monoisotopic (exact) mass is 474 g/mol. The van der Waals surface area contributed by atoms with Gasteiger partial charge in [-0.15, -0.1) is 0 Å². The van der Waals surface area contributed by atoms with Crippen LogP contribution >= 0.6 is 22.6 Å². The number of hydrogen-bond acceptors (Lipinski definition) is 3. The maximum Gasteiger partial charge on any atom is 0.254 e. The Hall–Kier alpha value is -2.61. The molecule has 0 spiro atoms. The summed E-state index contributed by atoms with van der Waals surface area (Å²) in [7, 11) is 1.60. The lowest BCUT2D eigenvalue weighted by Crippen LogP contribution is -2.30. The average molecular weight is 474 g/mol. The Morgan fingerprint density at radius 3 is 2.22 bits per heavy atom. The van der Waals surface area contributed by atoms with Crippen molar-refractivity contribution in [3.05, 3.63) is 92.9 Å². The van der Waals surface area contributed by atoms with Crippen LogP contribution in [0.25, 0.3) is 0 Å². The Labute approximate surface area is 171 Å². The molecule has 2 amide bonds. The van der Waals surface area contributed by atoms with Crippen LogP contribution in [-0.2, 0) is 13.1 Å². The van der Waals surface area contributed by atoms with Gasteiger partial charge in [-0.1, -0.05) is 12.1 Å². The van der Waals surface area contributed by atoms with E-state index in [9.17, 15) is 9.59 Å². The van der Waals surface area contributed by atoms with Gasteiger partial charge in [0.25, 0.3) is 11.8 Å². The Bertz CT molecular complexity index is 904. The zero-order valence-corrected chi connectivity index (χ0v) is 17.0. The first-order chi connectivity index (χ1) is 13.1. The molecule has 2 aromatic carbocycles. The highest BCUT2D eigenvalue weighted by atomic mass is 127. The van der Waals surface area contributed by atoms with E-state index < -0.39 is 0 Å². The van der Waals surface area contributed by atoms with Gasteiger partial charge in [0.15, 0.2) is 0 Å². The third kappa shape index (κ3) is 4.97. The maximum atomic E-state index is 13.0. The number of hydrogen-bond donors (Lipinski definition) is 1. The summed E-state index contributed by atoms with van der Waals surface area (Å²) in [5.41, 5.74) is 2.15. The van der Waals surface area contributed by atoms with Crippen LogP contribution in [0.4, 0.5) is 0 Å². The number of nitrogens with zero attached hydrogens (tertiary/aromatic N) is 1. The summed E-state index contributed by atoms with van der Waals surface area (Å²) in [5, 5.41) is 2.60. The van der Waals surface area contributed by atoms with Crippen molar-refractivity contribution in [3.63, 3.8) is 0 Å². The number of rotatable bonds is 6. The number of nitrogens with one attached hydrogen (secondary N) is 1. The van der Waals surface area contributed by atoms with Crippen molar-refractivity contribution in [1.29, 1.82) is 0 Å². The maximum absolute atomic E-state index is 13.0. The summed E-state index contributed by atoms with van der Waals surface area (Å²) in [5.74, 6) is 0.512. The van der Waals surface area contributed by atoms with Crippen molar-refractivity contribution in [2.24, 2.45) is 0 Å². The van der Waals surface area contributed by atoms with Crippen LogP contribution < -0.4 is 5.32 Å². The van der Waals surface area contributed by atoms with E-state index in [1.54, 1.807) is 36.4 Å². The highest BCUT2D eigenvalue weighted by molar-refractivity contribution is 14.1. The Morgan fingerprint density at radius 1 is 0.963 bits per heavy atom. The highest BCUT2D eigenvalue weighted by Crippen LogP contribution is 2.16. The van der Waals surface area contributed by atoms with Gasteiger partial charge >= 0.3 is 0 Å². The van der Waals surface area contributed by atoms with Crippen LogP contribution in [0.1, 0.15) is 32.0 Å². The molecule has 0 saturated carbocycles. The summed E-state index contributed by atoms with van der Waals surface area (Å²) >= 11 is 2.21. The molecule has 0 fully saturated rings. The number of carbonyl (C=O) groups excluding carboxylic acids is 2. The van der Waals surface area contributed by atoms with E-state index in [2.05, 4.69) is 27.9 Å². The molecule has 0 unspecified atom stereocenters. The molecule has 6 heteroatoms. The van der Waals surface area contributed by atoms with Gasteiger partial charge in [-0.25, -0.2) is 0 Å². The SMILES string of the molecule is CNC(=O)c1ccc(CN(Cc2ccco2)C(=O)c2ccc(I)cc2)cc1. The molecule has 27 heavy (non-hydrogen) atoms. The van der Waals surface area contributed by atoms with Crippen molar-refractivity contribution in [2.45, 2.75) is 13.1 Å². The zero-order chi connectivity index (χ0) is 19.2. The fourth-order valence-electron chi connectivity index (χ4n) is 2.69. The normalized spacial score (nSPS) is 10.4. The first kappa shape index (κ1) is 19.2. The van der Waals surface area contributed by atoms with Crippen LogP contribution in [0.3, 0.4) is 0 Å². The molecule has 0 aliphatic rings. The topological polar surface area (TPSA) is 62.6 Å². The van der Waals surface area contributed by atoms with Gasteiger partial charge in [-0.05, 0) is 76.7 Å². The highest BCUT2D eigenvalue weighted by Gasteiger charge is 2.18. The van der Waals surface area contributed by atoms with E-state index in [0.717, 1.165) is 14.9 Å². The third-order valence-corrected chi connectivity index (χ3v) is 4.84. The molecule has 5 nitrogen and oxygen atoms in total. The second-order valence-electron chi connectivity index (χ2n) is 6.02. The summed E-state index contributed by atoms with van der Waals surface area (Å²) in [6.45, 7) is 0.786. The first-order valence-electron chi connectivity index (χ1n) is 8.45. The van der Waals surface area contributed by atoms with E-state index in [0.29, 0.717) is 24.2 Å². The van der Waals surface area contributed by atoms with Crippen molar-refractivity contribution in [1.82, 2.24) is 10.2 Å². The van der Waals surface area contributed by atoms with Crippen molar-refractivity contribution in [3.8, 4) is 0 Å². The molecular weight excluding hydrogens is 455 g/mol. The molecule has 138 valence electrons. The van der Waals surface area contributed by atoms with Crippen LogP contribution in [-0.4, -0.2) is 23.8 Å². The van der Waals surface area contributed by atoms with E-state index in [1.165, 1.54) is 0 Å². The molecule has 0 aliphatic heterocycles. The molecule has 0 radical (unpaired) electrons. The van der Waals surface area contributed by atoms with E-state index in [1.807, 2.05) is 42.5 Å². The van der Waals surface area contributed by atoms with E-state index in [4.69, 9.17) is 4.42 Å². The molecule has 0 atom stereocenters. The van der Waals surface area contributed by atoms with Gasteiger partial charge < -0.3 is 14.6 Å². The largest absolute Gasteiger partial charge is 0.467 e. The van der Waals surface area contributed by atoms with Gasteiger partial charge in [0.05, 0.1) is 12.8 Å². The minimum Gasteiger partial charge on any atom is -0.467 e. The first-order valence-corrected chi connectivity index (χ1v) is 9.53. The standard InChI is InChI=1S/C21H19IN2O3/c1-23-20(25)16-6-4-15(5-7-16)13-24(14-19-3-2-12-27-19)21(26)17-8-10-18(22)11-9-17/h2-12H,13-14H2,1H3,(H,23,25). The van der Waals surface area contributed by atoms with E-state index >= 15 is 0 Å². The Morgan fingerprint density at radius 2 is 1.63 bits per heavy atom. The average Bonchev–Trinajstić information content (AvgIpc) is 3.20. The quantitative estimate of drug-likeness (QED) is 0.548. The fourth-order valence-corrected chi connectivity index (χ4v) is 3.05. The van der Waals surface area contributed by atoms with Crippen LogP contribution in [0, 0.1) is 3.57 Å². The molecule has 1 heterocycles.